The van der Waals surface area contributed by atoms with Crippen LogP contribution < -0.4 is 4.74 Å². The van der Waals surface area contributed by atoms with Crippen molar-refractivity contribution in [2.24, 2.45) is 0 Å². The second kappa shape index (κ2) is 8.85. The van der Waals surface area contributed by atoms with Crippen molar-refractivity contribution in [2.75, 3.05) is 33.9 Å². The molecule has 2 aromatic rings. The molecule has 6 nitrogen and oxygen atoms in total. The Kier molecular flexibility index (Phi) is 6.28. The van der Waals surface area contributed by atoms with E-state index < -0.39 is 0 Å². The first-order valence-electron chi connectivity index (χ1n) is 9.12. The fourth-order valence-corrected chi connectivity index (χ4v) is 3.54. The van der Waals surface area contributed by atoms with Crippen LogP contribution in [0.2, 0.25) is 0 Å². The van der Waals surface area contributed by atoms with Crippen LogP contribution in [-0.2, 0) is 22.5 Å². The summed E-state index contributed by atoms with van der Waals surface area (Å²) in [6.07, 6.45) is 6.30. The molecule has 1 atom stereocenters. The minimum Gasteiger partial charge on any atom is -0.497 e. The number of amides is 1. The second-order valence-corrected chi connectivity index (χ2v) is 6.68. The molecule has 1 saturated heterocycles. The van der Waals surface area contributed by atoms with E-state index in [9.17, 15) is 4.79 Å². The Morgan fingerprint density at radius 2 is 2.23 bits per heavy atom. The third kappa shape index (κ3) is 4.43. The molecule has 1 aliphatic rings. The SMILES string of the molecule is COCCn1ccnc1C1CCCN(C(=O)Cc2cccc(OC)c2)C1. The molecular weight excluding hydrogens is 330 g/mol. The lowest BCUT2D eigenvalue weighted by Crippen LogP contribution is -2.40. The molecule has 0 spiro atoms. The van der Waals surface area contributed by atoms with Crippen molar-refractivity contribution in [1.82, 2.24) is 14.5 Å². The number of hydrogen-bond acceptors (Lipinski definition) is 4. The maximum absolute atomic E-state index is 12.8. The van der Waals surface area contributed by atoms with Gasteiger partial charge in [0.05, 0.1) is 20.1 Å². The average molecular weight is 357 g/mol. The van der Waals surface area contributed by atoms with Gasteiger partial charge < -0.3 is 18.9 Å². The minimum absolute atomic E-state index is 0.165. The van der Waals surface area contributed by atoms with Gasteiger partial charge in [0.2, 0.25) is 5.91 Å². The van der Waals surface area contributed by atoms with Crippen LogP contribution in [-0.4, -0.2) is 54.3 Å². The molecule has 1 fully saturated rings. The lowest BCUT2D eigenvalue weighted by molar-refractivity contribution is -0.131. The molecule has 0 bridgehead atoms. The number of ether oxygens (including phenoxy) is 2. The van der Waals surface area contributed by atoms with Crippen LogP contribution in [0.3, 0.4) is 0 Å². The topological polar surface area (TPSA) is 56.6 Å². The summed E-state index contributed by atoms with van der Waals surface area (Å²) in [5, 5.41) is 0. The van der Waals surface area contributed by atoms with E-state index in [1.54, 1.807) is 14.2 Å². The molecule has 1 aromatic heterocycles. The normalized spacial score (nSPS) is 17.3. The van der Waals surface area contributed by atoms with Gasteiger partial charge in [-0.05, 0) is 30.5 Å². The fraction of sp³-hybridized carbons (Fsp3) is 0.500. The number of hydrogen-bond donors (Lipinski definition) is 0. The smallest absolute Gasteiger partial charge is 0.227 e. The van der Waals surface area contributed by atoms with Crippen molar-refractivity contribution in [3.8, 4) is 5.75 Å². The van der Waals surface area contributed by atoms with E-state index in [2.05, 4.69) is 9.55 Å². The van der Waals surface area contributed by atoms with Crippen molar-refractivity contribution in [3.63, 3.8) is 0 Å². The first kappa shape index (κ1) is 18.5. The lowest BCUT2D eigenvalue weighted by atomic mass is 9.96. The van der Waals surface area contributed by atoms with Gasteiger partial charge in [-0.25, -0.2) is 4.98 Å². The van der Waals surface area contributed by atoms with Crippen LogP contribution in [0, 0.1) is 0 Å². The number of carbonyl (C=O) groups is 1. The number of piperidine rings is 1. The molecule has 26 heavy (non-hydrogen) atoms. The first-order valence-corrected chi connectivity index (χ1v) is 9.12. The first-order chi connectivity index (χ1) is 12.7. The van der Waals surface area contributed by atoms with E-state index in [-0.39, 0.29) is 11.8 Å². The maximum atomic E-state index is 12.8. The molecule has 1 unspecified atom stereocenters. The van der Waals surface area contributed by atoms with E-state index in [0.29, 0.717) is 13.0 Å². The van der Waals surface area contributed by atoms with E-state index >= 15 is 0 Å². The van der Waals surface area contributed by atoms with Crippen LogP contribution in [0.25, 0.3) is 0 Å². The zero-order chi connectivity index (χ0) is 18.4. The van der Waals surface area contributed by atoms with Gasteiger partial charge in [0.25, 0.3) is 0 Å². The van der Waals surface area contributed by atoms with Crippen molar-refractivity contribution >= 4 is 5.91 Å². The van der Waals surface area contributed by atoms with Gasteiger partial charge in [0.1, 0.15) is 11.6 Å². The summed E-state index contributed by atoms with van der Waals surface area (Å²) >= 11 is 0. The highest BCUT2D eigenvalue weighted by molar-refractivity contribution is 5.79. The van der Waals surface area contributed by atoms with Crippen molar-refractivity contribution in [2.45, 2.75) is 31.7 Å². The summed E-state index contributed by atoms with van der Waals surface area (Å²) in [6.45, 7) is 3.00. The van der Waals surface area contributed by atoms with E-state index in [1.165, 1.54) is 0 Å². The van der Waals surface area contributed by atoms with Gasteiger partial charge in [0, 0.05) is 45.1 Å². The van der Waals surface area contributed by atoms with E-state index in [4.69, 9.17) is 9.47 Å². The van der Waals surface area contributed by atoms with Gasteiger partial charge in [0.15, 0.2) is 0 Å². The largest absolute Gasteiger partial charge is 0.497 e. The molecule has 3 rings (SSSR count). The summed E-state index contributed by atoms with van der Waals surface area (Å²) in [7, 11) is 3.35. The highest BCUT2D eigenvalue weighted by Gasteiger charge is 2.27. The van der Waals surface area contributed by atoms with Gasteiger partial charge >= 0.3 is 0 Å². The number of likely N-dealkylation sites (tertiary alicyclic amines) is 1. The molecule has 0 N–H and O–H groups in total. The fourth-order valence-electron chi connectivity index (χ4n) is 3.54. The summed E-state index contributed by atoms with van der Waals surface area (Å²) in [6, 6.07) is 7.72. The number of nitrogens with zero attached hydrogens (tertiary/aromatic N) is 3. The minimum atomic E-state index is 0.165. The molecule has 1 aliphatic heterocycles. The van der Waals surface area contributed by atoms with Gasteiger partial charge in [-0.15, -0.1) is 0 Å². The number of methoxy groups -OCH3 is 2. The van der Waals surface area contributed by atoms with E-state index in [0.717, 1.165) is 49.6 Å². The quantitative estimate of drug-likeness (QED) is 0.764. The molecule has 1 amide bonds. The molecule has 1 aromatic carbocycles. The third-order valence-corrected chi connectivity index (χ3v) is 4.91. The number of carbonyl (C=O) groups excluding carboxylic acids is 1. The van der Waals surface area contributed by atoms with Crippen LogP contribution in [0.1, 0.15) is 30.1 Å². The molecule has 0 aliphatic carbocycles. The predicted molar refractivity (Wildman–Crippen MR) is 99.4 cm³/mol. The monoisotopic (exact) mass is 357 g/mol. The molecule has 2 heterocycles. The average Bonchev–Trinajstić information content (AvgIpc) is 3.15. The van der Waals surface area contributed by atoms with Crippen molar-refractivity contribution in [1.29, 1.82) is 0 Å². The Morgan fingerprint density at radius 1 is 1.35 bits per heavy atom. The van der Waals surface area contributed by atoms with Crippen molar-refractivity contribution in [3.05, 3.63) is 48.0 Å². The number of rotatable bonds is 7. The molecule has 0 saturated carbocycles. The Hall–Kier alpha value is -2.34. The van der Waals surface area contributed by atoms with Gasteiger partial charge in [-0.2, -0.15) is 0 Å². The molecule has 0 radical (unpaired) electrons. The number of benzene rings is 1. The Bertz CT molecular complexity index is 729. The predicted octanol–water partition coefficient (Wildman–Crippen LogP) is 2.49. The second-order valence-electron chi connectivity index (χ2n) is 6.68. The van der Waals surface area contributed by atoms with Gasteiger partial charge in [-0.3, -0.25) is 4.79 Å². The van der Waals surface area contributed by atoms with Gasteiger partial charge in [-0.1, -0.05) is 12.1 Å². The Labute approximate surface area is 154 Å². The molecule has 6 heteroatoms. The summed E-state index contributed by atoms with van der Waals surface area (Å²) in [5.41, 5.74) is 0.984. The number of imidazole rings is 1. The lowest BCUT2D eigenvalue weighted by Gasteiger charge is -2.33. The standard InChI is InChI=1S/C20H27N3O3/c1-25-12-11-22-10-8-21-20(22)17-6-4-9-23(15-17)19(24)14-16-5-3-7-18(13-16)26-2/h3,5,7-8,10,13,17H,4,6,9,11-12,14-15H2,1-2H3. The number of aromatic nitrogens is 2. The zero-order valence-corrected chi connectivity index (χ0v) is 15.6. The Morgan fingerprint density at radius 3 is 3.04 bits per heavy atom. The summed E-state index contributed by atoms with van der Waals surface area (Å²) in [5.74, 6) is 2.29. The van der Waals surface area contributed by atoms with Crippen LogP contribution in [0.5, 0.6) is 5.75 Å². The maximum Gasteiger partial charge on any atom is 0.227 e. The summed E-state index contributed by atoms with van der Waals surface area (Å²) in [4.78, 5) is 19.3. The van der Waals surface area contributed by atoms with Crippen molar-refractivity contribution < 1.29 is 14.3 Å². The van der Waals surface area contributed by atoms with Crippen LogP contribution >= 0.6 is 0 Å². The van der Waals surface area contributed by atoms with Crippen LogP contribution in [0.15, 0.2) is 36.7 Å². The molecular formula is C20H27N3O3. The highest BCUT2D eigenvalue weighted by atomic mass is 16.5. The highest BCUT2D eigenvalue weighted by Crippen LogP contribution is 2.26. The third-order valence-electron chi connectivity index (χ3n) is 4.91. The summed E-state index contributed by atoms with van der Waals surface area (Å²) < 4.78 is 12.6. The molecule has 140 valence electrons. The van der Waals surface area contributed by atoms with E-state index in [1.807, 2.05) is 41.6 Å². The Balaban J connectivity index is 1.64. The van der Waals surface area contributed by atoms with Crippen LogP contribution in [0.4, 0.5) is 0 Å². The zero-order valence-electron chi connectivity index (χ0n) is 15.6.